The molecule has 0 aromatic heterocycles. The number of benzene rings is 2. The van der Waals surface area contributed by atoms with Crippen LogP contribution in [0.25, 0.3) is 0 Å². The maximum absolute atomic E-state index is 13.4. The number of rotatable bonds is 4. The summed E-state index contributed by atoms with van der Waals surface area (Å²) in [5.74, 6) is 0.430. The summed E-state index contributed by atoms with van der Waals surface area (Å²) in [6.45, 7) is 3.29. The van der Waals surface area contributed by atoms with Crippen LogP contribution < -0.4 is 34.0 Å². The molecule has 0 radical (unpaired) electrons. The van der Waals surface area contributed by atoms with Crippen LogP contribution in [0.1, 0.15) is 20.7 Å². The lowest BCUT2D eigenvalue weighted by molar-refractivity contribution is -0.894. The normalized spacial score (nSPS) is 17.9. The van der Waals surface area contributed by atoms with Gasteiger partial charge < -0.3 is 43.4 Å². The third-order valence-electron chi connectivity index (χ3n) is 5.70. The van der Waals surface area contributed by atoms with Gasteiger partial charge in [0.15, 0.2) is 0 Å². The van der Waals surface area contributed by atoms with E-state index >= 15 is 0 Å². The molecule has 1 aliphatic carbocycles. The van der Waals surface area contributed by atoms with Crippen molar-refractivity contribution in [2.75, 3.05) is 52.7 Å². The fourth-order valence-corrected chi connectivity index (χ4v) is 3.86. The molecule has 1 fully saturated rings. The van der Waals surface area contributed by atoms with Crippen LogP contribution in [0.3, 0.4) is 0 Å². The first-order valence-electron chi connectivity index (χ1n) is 9.80. The second-order valence-corrected chi connectivity index (χ2v) is 8.15. The number of ketones is 2. The maximum Gasteiger partial charge on any atom is 0.212 e. The molecule has 2 aromatic carbocycles. The average Bonchev–Trinajstić information content (AvgIpc) is 2.73. The number of fused-ring (bicyclic) bond motifs is 1. The minimum atomic E-state index is -0.155. The van der Waals surface area contributed by atoms with Crippen molar-refractivity contribution in [2.24, 2.45) is 0 Å². The number of allylic oxidation sites excluding steroid dienone is 2. The molecule has 4 rings (SSSR count). The van der Waals surface area contributed by atoms with Gasteiger partial charge in [-0.3, -0.25) is 9.59 Å². The predicted octanol–water partition coefficient (Wildman–Crippen LogP) is -0.206. The second kappa shape index (κ2) is 8.77. The number of piperazine rings is 1. The molecule has 0 atom stereocenters. The predicted molar refractivity (Wildman–Crippen MR) is 112 cm³/mol. The molecule has 158 valence electrons. The summed E-state index contributed by atoms with van der Waals surface area (Å²) in [7, 11) is 5.97. The number of likely N-dealkylation sites (N-methyl/N-ethyl adjacent to an activating group) is 1. The quantitative estimate of drug-likeness (QED) is 0.448. The molecule has 1 saturated heterocycles. The van der Waals surface area contributed by atoms with Crippen molar-refractivity contribution in [2.45, 2.75) is 0 Å². The number of nitrogens with zero attached hydrogens (tertiary/aromatic N) is 2. The molecule has 1 aliphatic heterocycles. The van der Waals surface area contributed by atoms with Crippen molar-refractivity contribution >= 4 is 17.3 Å². The summed E-state index contributed by atoms with van der Waals surface area (Å²) in [5, 5.41) is 3.23. The van der Waals surface area contributed by atoms with E-state index < -0.39 is 0 Å². The Labute approximate surface area is 194 Å². The molecule has 0 bridgehead atoms. The first-order valence-corrected chi connectivity index (χ1v) is 9.80. The summed E-state index contributed by atoms with van der Waals surface area (Å²) < 4.78 is 6.20. The van der Waals surface area contributed by atoms with Crippen LogP contribution in [0.15, 0.2) is 59.9 Å². The van der Waals surface area contributed by atoms with E-state index in [2.05, 4.69) is 24.3 Å². The number of quaternary nitrogens is 1. The number of hydrogen-bond acceptors (Lipinski definition) is 5. The maximum atomic E-state index is 13.4. The van der Waals surface area contributed by atoms with Crippen LogP contribution in [-0.2, 0) is 0 Å². The van der Waals surface area contributed by atoms with E-state index in [4.69, 9.17) is 4.74 Å². The zero-order chi connectivity index (χ0) is 20.6. The Morgan fingerprint density at radius 2 is 1.57 bits per heavy atom. The molecule has 6 nitrogen and oxygen atoms in total. The highest BCUT2D eigenvalue weighted by molar-refractivity contribution is 6.27. The SMILES string of the molecule is COc1cccc(NC2=C(N3CC[N+](C)(C)CC3)C(=O)c3ccccc3C2=O)c1.[I-]. The zero-order valence-electron chi connectivity index (χ0n) is 17.4. The van der Waals surface area contributed by atoms with Crippen molar-refractivity contribution in [1.82, 2.24) is 4.90 Å². The Hall–Kier alpha value is -2.39. The lowest BCUT2D eigenvalue weighted by Crippen LogP contribution is -3.00. The number of Topliss-reactive ketones (excluding diaryl/α,β-unsaturated/α-hetero) is 2. The van der Waals surface area contributed by atoms with Gasteiger partial charge >= 0.3 is 0 Å². The van der Waals surface area contributed by atoms with E-state index in [0.717, 1.165) is 30.7 Å². The zero-order valence-corrected chi connectivity index (χ0v) is 19.6. The molecule has 0 spiro atoms. The van der Waals surface area contributed by atoms with E-state index in [1.165, 1.54) is 0 Å². The van der Waals surface area contributed by atoms with Gasteiger partial charge in [-0.15, -0.1) is 0 Å². The highest BCUT2D eigenvalue weighted by atomic mass is 127. The number of nitrogens with one attached hydrogen (secondary N) is 1. The average molecular weight is 519 g/mol. The lowest BCUT2D eigenvalue weighted by atomic mass is 9.89. The summed E-state index contributed by atoms with van der Waals surface area (Å²) in [4.78, 5) is 28.8. The Bertz CT molecular complexity index is 1010. The summed E-state index contributed by atoms with van der Waals surface area (Å²) in [5.41, 5.74) is 2.44. The van der Waals surface area contributed by atoms with Gasteiger partial charge in [-0.25, -0.2) is 0 Å². The molecule has 0 unspecified atom stereocenters. The van der Waals surface area contributed by atoms with Crippen LogP contribution in [0.2, 0.25) is 0 Å². The van der Waals surface area contributed by atoms with Gasteiger partial charge in [0, 0.05) is 22.9 Å². The fourth-order valence-electron chi connectivity index (χ4n) is 3.86. The standard InChI is InChI=1S/C23H25N3O3.HI/c1-26(2)13-11-25(12-14-26)21-20(24-16-7-6-8-17(15-16)29-3)22(27)18-9-4-5-10-19(18)23(21)28;/h4-10,15H,11-14H2,1-3H3;1H. The first-order chi connectivity index (χ1) is 13.9. The summed E-state index contributed by atoms with van der Waals surface area (Å²) in [6, 6.07) is 14.4. The lowest BCUT2D eigenvalue weighted by Gasteiger charge is -2.41. The number of hydrogen-bond donors (Lipinski definition) is 1. The molecule has 30 heavy (non-hydrogen) atoms. The van der Waals surface area contributed by atoms with E-state index in [1.54, 1.807) is 31.4 Å². The Morgan fingerprint density at radius 1 is 0.933 bits per heavy atom. The van der Waals surface area contributed by atoms with Crippen LogP contribution >= 0.6 is 0 Å². The van der Waals surface area contributed by atoms with E-state index in [9.17, 15) is 9.59 Å². The minimum Gasteiger partial charge on any atom is -1.00 e. The van der Waals surface area contributed by atoms with Gasteiger partial charge in [-0.2, -0.15) is 0 Å². The monoisotopic (exact) mass is 519 g/mol. The largest absolute Gasteiger partial charge is 1.00 e. The van der Waals surface area contributed by atoms with E-state index in [0.29, 0.717) is 34.0 Å². The van der Waals surface area contributed by atoms with E-state index in [1.807, 2.05) is 24.3 Å². The molecule has 1 N–H and O–H groups in total. The van der Waals surface area contributed by atoms with Gasteiger partial charge in [0.25, 0.3) is 0 Å². The van der Waals surface area contributed by atoms with Gasteiger partial charge in [-0.05, 0) is 12.1 Å². The Balaban J connectivity index is 0.00000256. The number of ether oxygens (including phenoxy) is 1. The number of methoxy groups -OCH3 is 1. The molecular formula is C23H26IN3O3. The Kier molecular flexibility index (Phi) is 6.52. The molecule has 2 aliphatic rings. The molecule has 0 saturated carbocycles. The van der Waals surface area contributed by atoms with Gasteiger partial charge in [-0.1, -0.05) is 30.3 Å². The number of anilines is 1. The minimum absolute atomic E-state index is 0. The second-order valence-electron chi connectivity index (χ2n) is 8.15. The topological polar surface area (TPSA) is 58.6 Å². The molecule has 0 amide bonds. The highest BCUT2D eigenvalue weighted by Crippen LogP contribution is 2.31. The Morgan fingerprint density at radius 3 is 2.20 bits per heavy atom. The number of halogens is 1. The highest BCUT2D eigenvalue weighted by Gasteiger charge is 2.37. The smallest absolute Gasteiger partial charge is 0.212 e. The van der Waals surface area contributed by atoms with Crippen molar-refractivity contribution in [3.63, 3.8) is 0 Å². The number of carbonyl (C=O) groups excluding carboxylic acids is 2. The van der Waals surface area contributed by atoms with Crippen molar-refractivity contribution in [3.8, 4) is 5.75 Å². The van der Waals surface area contributed by atoms with Crippen molar-refractivity contribution in [3.05, 3.63) is 71.1 Å². The van der Waals surface area contributed by atoms with Crippen LogP contribution in [-0.4, -0.2) is 68.3 Å². The van der Waals surface area contributed by atoms with E-state index in [-0.39, 0.29) is 35.5 Å². The van der Waals surface area contributed by atoms with Crippen LogP contribution in [0, 0.1) is 0 Å². The van der Waals surface area contributed by atoms with Crippen molar-refractivity contribution < 1.29 is 42.8 Å². The van der Waals surface area contributed by atoms with Crippen LogP contribution in [0.4, 0.5) is 5.69 Å². The van der Waals surface area contributed by atoms with Gasteiger partial charge in [0.2, 0.25) is 11.6 Å². The van der Waals surface area contributed by atoms with Crippen molar-refractivity contribution in [1.29, 1.82) is 0 Å². The molecular weight excluding hydrogens is 493 g/mol. The third-order valence-corrected chi connectivity index (χ3v) is 5.70. The molecule has 2 aromatic rings. The molecule has 1 heterocycles. The fraction of sp³-hybridized carbons (Fsp3) is 0.304. The summed E-state index contributed by atoms with van der Waals surface area (Å²) in [6.07, 6.45) is 0. The van der Waals surface area contributed by atoms with Crippen LogP contribution in [0.5, 0.6) is 5.75 Å². The third kappa shape index (κ3) is 4.22. The number of carbonyl (C=O) groups is 2. The summed E-state index contributed by atoms with van der Waals surface area (Å²) >= 11 is 0. The molecule has 7 heteroatoms. The van der Waals surface area contributed by atoms with Gasteiger partial charge in [0.05, 0.1) is 47.4 Å². The first kappa shape index (κ1) is 22.3. The van der Waals surface area contributed by atoms with Gasteiger partial charge in [0.1, 0.15) is 17.1 Å².